The fourth-order valence-electron chi connectivity index (χ4n) is 2.37. The molecular formula is C18H20N2O5S. The van der Waals surface area contributed by atoms with Crippen LogP contribution in [-0.4, -0.2) is 26.0 Å². The average Bonchev–Trinajstić information content (AvgIpc) is 2.60. The van der Waals surface area contributed by atoms with Gasteiger partial charge in [0.25, 0.3) is 15.7 Å². The molecule has 0 fully saturated rings. The Kier molecular flexibility index (Phi) is 5.99. The van der Waals surface area contributed by atoms with E-state index in [0.717, 1.165) is 4.31 Å². The molecule has 0 radical (unpaired) electrons. The second-order valence-corrected chi connectivity index (χ2v) is 7.54. The molecule has 0 heterocycles. The number of ether oxygens (including phenoxy) is 1. The first-order valence-electron chi connectivity index (χ1n) is 7.91. The maximum atomic E-state index is 13.1. The summed E-state index contributed by atoms with van der Waals surface area (Å²) in [6.07, 6.45) is 1.41. The van der Waals surface area contributed by atoms with E-state index < -0.39 is 20.6 Å². The highest BCUT2D eigenvalue weighted by atomic mass is 32.2. The molecule has 0 spiro atoms. The number of para-hydroxylation sites is 1. The number of nitro benzene ring substituents is 1. The van der Waals surface area contributed by atoms with Gasteiger partial charge in [0.15, 0.2) is 4.90 Å². The highest BCUT2D eigenvalue weighted by Gasteiger charge is 2.31. The monoisotopic (exact) mass is 376 g/mol. The molecule has 7 nitrogen and oxygen atoms in total. The Hall–Kier alpha value is -2.87. The van der Waals surface area contributed by atoms with E-state index in [-0.39, 0.29) is 17.5 Å². The van der Waals surface area contributed by atoms with E-state index in [0.29, 0.717) is 11.4 Å². The van der Waals surface area contributed by atoms with Crippen molar-refractivity contribution in [3.05, 3.63) is 71.3 Å². The van der Waals surface area contributed by atoms with Crippen molar-refractivity contribution in [2.45, 2.75) is 24.8 Å². The number of sulfonamides is 1. The standard InChI is InChI=1S/C18H20N2O5S/c1-4-13-19(15-9-11-16(12-10-15)25-14(2)3)26(23,24)18-8-6-5-7-17(18)20(21)22/h4-12,14H,1,13H2,2-3H3. The second-order valence-electron chi connectivity index (χ2n) is 5.71. The van der Waals surface area contributed by atoms with Gasteiger partial charge in [-0.1, -0.05) is 18.2 Å². The van der Waals surface area contributed by atoms with E-state index >= 15 is 0 Å². The van der Waals surface area contributed by atoms with E-state index in [1.54, 1.807) is 24.3 Å². The van der Waals surface area contributed by atoms with Crippen LogP contribution in [0.5, 0.6) is 5.75 Å². The number of nitro groups is 1. The SMILES string of the molecule is C=CCN(c1ccc(OC(C)C)cc1)S(=O)(=O)c1ccccc1[N+](=O)[O-]. The van der Waals surface area contributed by atoms with E-state index in [2.05, 4.69) is 6.58 Å². The van der Waals surface area contributed by atoms with Gasteiger partial charge in [-0.15, -0.1) is 6.58 Å². The molecule has 2 aromatic rings. The van der Waals surface area contributed by atoms with E-state index in [1.165, 1.54) is 30.3 Å². The topological polar surface area (TPSA) is 89.8 Å². The van der Waals surface area contributed by atoms with Gasteiger partial charge >= 0.3 is 0 Å². The number of rotatable bonds is 8. The van der Waals surface area contributed by atoms with Crippen LogP contribution < -0.4 is 9.04 Å². The van der Waals surface area contributed by atoms with Gasteiger partial charge in [0.05, 0.1) is 23.3 Å². The molecule has 0 unspecified atom stereocenters. The van der Waals surface area contributed by atoms with Crippen LogP contribution in [0.3, 0.4) is 0 Å². The van der Waals surface area contributed by atoms with Crippen molar-refractivity contribution in [2.24, 2.45) is 0 Å². The van der Waals surface area contributed by atoms with Gasteiger partial charge in [-0.25, -0.2) is 8.42 Å². The molecule has 0 aliphatic carbocycles. The molecule has 0 aliphatic rings. The van der Waals surface area contributed by atoms with Crippen LogP contribution in [0.15, 0.2) is 66.1 Å². The maximum absolute atomic E-state index is 13.1. The maximum Gasteiger partial charge on any atom is 0.289 e. The predicted octanol–water partition coefficient (Wildman–Crippen LogP) is 3.76. The summed E-state index contributed by atoms with van der Waals surface area (Å²) in [5.74, 6) is 0.602. The normalized spacial score (nSPS) is 11.2. The van der Waals surface area contributed by atoms with Crippen molar-refractivity contribution in [3.8, 4) is 5.75 Å². The molecule has 2 rings (SSSR count). The summed E-state index contributed by atoms with van der Waals surface area (Å²) in [5, 5.41) is 11.2. The van der Waals surface area contributed by atoms with Gasteiger partial charge in [0.1, 0.15) is 5.75 Å². The first kappa shape index (κ1) is 19.5. The lowest BCUT2D eigenvalue weighted by molar-refractivity contribution is -0.387. The van der Waals surface area contributed by atoms with Crippen LogP contribution in [0, 0.1) is 10.1 Å². The molecule has 138 valence electrons. The lowest BCUT2D eigenvalue weighted by Crippen LogP contribution is -2.31. The summed E-state index contributed by atoms with van der Waals surface area (Å²) in [5.41, 5.74) is -0.111. The lowest BCUT2D eigenvalue weighted by atomic mass is 10.3. The van der Waals surface area contributed by atoms with E-state index in [4.69, 9.17) is 4.74 Å². The first-order chi connectivity index (χ1) is 12.3. The molecule has 0 aliphatic heterocycles. The Balaban J connectivity index is 2.49. The molecule has 2 aromatic carbocycles. The van der Waals surface area contributed by atoms with Gasteiger partial charge in [-0.2, -0.15) is 0 Å². The summed E-state index contributed by atoms with van der Waals surface area (Å²) in [7, 11) is -4.15. The molecule has 0 saturated carbocycles. The lowest BCUT2D eigenvalue weighted by Gasteiger charge is -2.23. The quantitative estimate of drug-likeness (QED) is 0.397. The largest absolute Gasteiger partial charge is 0.491 e. The predicted molar refractivity (Wildman–Crippen MR) is 100 cm³/mol. The van der Waals surface area contributed by atoms with Crippen molar-refractivity contribution >= 4 is 21.4 Å². The Morgan fingerprint density at radius 3 is 2.35 bits per heavy atom. The minimum Gasteiger partial charge on any atom is -0.491 e. The summed E-state index contributed by atoms with van der Waals surface area (Å²) in [6.45, 7) is 7.33. The molecule has 26 heavy (non-hydrogen) atoms. The van der Waals surface area contributed by atoms with Gasteiger partial charge in [-0.05, 0) is 44.2 Å². The number of benzene rings is 2. The highest BCUT2D eigenvalue weighted by Crippen LogP contribution is 2.30. The first-order valence-corrected chi connectivity index (χ1v) is 9.35. The minimum absolute atomic E-state index is 0.0131. The summed E-state index contributed by atoms with van der Waals surface area (Å²) in [6, 6.07) is 11.7. The number of anilines is 1. The minimum atomic E-state index is -4.15. The fourth-order valence-corrected chi connectivity index (χ4v) is 3.96. The number of hydrogen-bond donors (Lipinski definition) is 0. The van der Waals surface area contributed by atoms with Crippen molar-refractivity contribution in [3.63, 3.8) is 0 Å². The molecule has 8 heteroatoms. The summed E-state index contributed by atoms with van der Waals surface area (Å²) in [4.78, 5) is 10.1. The van der Waals surface area contributed by atoms with Crippen molar-refractivity contribution in [1.82, 2.24) is 0 Å². The van der Waals surface area contributed by atoms with Gasteiger partial charge in [-0.3, -0.25) is 14.4 Å². The second kappa shape index (κ2) is 8.01. The smallest absolute Gasteiger partial charge is 0.289 e. The van der Waals surface area contributed by atoms with Crippen LogP contribution >= 0.6 is 0 Å². The third-order valence-corrected chi connectivity index (χ3v) is 5.26. The van der Waals surface area contributed by atoms with Gasteiger partial charge < -0.3 is 4.74 Å². The highest BCUT2D eigenvalue weighted by molar-refractivity contribution is 7.93. The Bertz CT molecular complexity index is 892. The molecule has 0 amide bonds. The zero-order valence-electron chi connectivity index (χ0n) is 14.5. The average molecular weight is 376 g/mol. The zero-order chi connectivity index (χ0) is 19.3. The van der Waals surface area contributed by atoms with Crippen molar-refractivity contribution in [1.29, 1.82) is 0 Å². The van der Waals surface area contributed by atoms with E-state index in [1.807, 2.05) is 13.8 Å². The van der Waals surface area contributed by atoms with Crippen LogP contribution in [0.25, 0.3) is 0 Å². The Morgan fingerprint density at radius 2 is 1.81 bits per heavy atom. The molecule has 0 bridgehead atoms. The van der Waals surface area contributed by atoms with Crippen LogP contribution in [0.1, 0.15) is 13.8 Å². The Morgan fingerprint density at radius 1 is 1.19 bits per heavy atom. The molecule has 0 atom stereocenters. The van der Waals surface area contributed by atoms with Crippen LogP contribution in [-0.2, 0) is 10.0 Å². The van der Waals surface area contributed by atoms with Crippen LogP contribution in [0.2, 0.25) is 0 Å². The van der Waals surface area contributed by atoms with Gasteiger partial charge in [0.2, 0.25) is 0 Å². The third kappa shape index (κ3) is 4.20. The van der Waals surface area contributed by atoms with Crippen molar-refractivity contribution in [2.75, 3.05) is 10.8 Å². The summed E-state index contributed by atoms with van der Waals surface area (Å²) < 4.78 is 32.7. The Labute approximate surface area is 152 Å². The molecule has 0 N–H and O–H groups in total. The number of nitrogens with zero attached hydrogens (tertiary/aromatic N) is 2. The number of hydrogen-bond acceptors (Lipinski definition) is 5. The zero-order valence-corrected chi connectivity index (χ0v) is 15.3. The van der Waals surface area contributed by atoms with Gasteiger partial charge in [0, 0.05) is 6.07 Å². The van der Waals surface area contributed by atoms with Crippen molar-refractivity contribution < 1.29 is 18.1 Å². The summed E-state index contributed by atoms with van der Waals surface area (Å²) >= 11 is 0. The van der Waals surface area contributed by atoms with Crippen LogP contribution in [0.4, 0.5) is 11.4 Å². The molecule has 0 saturated heterocycles. The van der Waals surface area contributed by atoms with E-state index in [9.17, 15) is 18.5 Å². The third-order valence-electron chi connectivity index (χ3n) is 3.42. The molecular weight excluding hydrogens is 356 g/mol. The molecule has 0 aromatic heterocycles. The fraction of sp³-hybridized carbons (Fsp3) is 0.222.